The van der Waals surface area contributed by atoms with Crippen molar-refractivity contribution in [3.8, 4) is 0 Å². The number of alkyl halides is 2. The van der Waals surface area contributed by atoms with Gasteiger partial charge < -0.3 is 4.74 Å². The maximum absolute atomic E-state index is 9.82. The van der Waals surface area contributed by atoms with E-state index in [4.69, 9.17) is 23.2 Å². The highest BCUT2D eigenvalue weighted by Gasteiger charge is 2.03. The van der Waals surface area contributed by atoms with Crippen molar-refractivity contribution in [1.29, 1.82) is 0 Å². The van der Waals surface area contributed by atoms with Gasteiger partial charge in [0.05, 0.1) is 12.0 Å². The second kappa shape index (κ2) is 9.32. The number of carbonyl (C=O) groups is 1. The molecule has 0 saturated heterocycles. The molecule has 1 atom stereocenters. The van der Waals surface area contributed by atoms with Gasteiger partial charge in [-0.2, -0.15) is 0 Å². The number of esters is 1. The quantitative estimate of drug-likeness (QED) is 0.614. The summed E-state index contributed by atoms with van der Waals surface area (Å²) >= 11 is 11.5. The predicted octanol–water partition coefficient (Wildman–Crippen LogP) is 4.08. The van der Waals surface area contributed by atoms with E-state index in [1.165, 1.54) is 12.5 Å². The maximum atomic E-state index is 9.82. The first kappa shape index (κ1) is 16.3. The predicted molar refractivity (Wildman–Crippen MR) is 72.8 cm³/mol. The summed E-state index contributed by atoms with van der Waals surface area (Å²) < 4.78 is 4.40. The third kappa shape index (κ3) is 8.06. The van der Waals surface area contributed by atoms with E-state index in [0.717, 1.165) is 5.56 Å². The van der Waals surface area contributed by atoms with Crippen LogP contribution in [0.4, 0.5) is 0 Å². The first-order chi connectivity index (χ1) is 8.01. The molecule has 1 unspecified atom stereocenters. The van der Waals surface area contributed by atoms with Crippen molar-refractivity contribution in [3.05, 3.63) is 35.4 Å². The molecule has 0 N–H and O–H groups in total. The number of ether oxygens (including phenoxy) is 1. The highest BCUT2D eigenvalue weighted by molar-refractivity contribution is 6.28. The van der Waals surface area contributed by atoms with Crippen LogP contribution in [0.3, 0.4) is 0 Å². The summed E-state index contributed by atoms with van der Waals surface area (Å²) in [5.41, 5.74) is 2.33. The molecule has 2 nitrogen and oxygen atoms in total. The van der Waals surface area contributed by atoms with Crippen LogP contribution in [0, 0.1) is 6.92 Å². The Morgan fingerprint density at radius 3 is 2.18 bits per heavy atom. The zero-order chi connectivity index (χ0) is 13.3. The largest absolute Gasteiger partial charge is 0.466 e. The molecule has 0 radical (unpaired) electrons. The van der Waals surface area contributed by atoms with E-state index in [1.807, 2.05) is 31.2 Å². The normalized spacial score (nSPS) is 11.1. The lowest BCUT2D eigenvalue weighted by molar-refractivity contribution is -0.140. The number of hydrogen-bond acceptors (Lipinski definition) is 2. The summed E-state index contributed by atoms with van der Waals surface area (Å²) in [6, 6.07) is 8.10. The Hall–Kier alpha value is -0.730. The fraction of sp³-hybridized carbons (Fsp3) is 0.462. The van der Waals surface area contributed by atoms with Gasteiger partial charge in [-0.25, -0.2) is 0 Å². The molecule has 0 bridgehead atoms. The Bertz CT molecular complexity index is 323. The third-order valence-electron chi connectivity index (χ3n) is 1.92. The molecule has 96 valence electrons. The minimum atomic E-state index is -0.211. The standard InChI is InChI=1S/C9H10Cl2.C4H8O2/c1-7-2-4-8(5-3-7)9(11)6-10;1-3-6-4(2)5/h2-5,9H,6H2,1H3;3H2,1-2H3. The van der Waals surface area contributed by atoms with Gasteiger partial charge in [-0.15, -0.1) is 23.2 Å². The molecule has 17 heavy (non-hydrogen) atoms. The van der Waals surface area contributed by atoms with E-state index in [1.54, 1.807) is 6.92 Å². The van der Waals surface area contributed by atoms with Crippen LogP contribution in [-0.4, -0.2) is 18.5 Å². The summed E-state index contributed by atoms with van der Waals surface area (Å²) in [4.78, 5) is 9.82. The Kier molecular flexibility index (Phi) is 8.92. The molecule has 1 aromatic carbocycles. The van der Waals surface area contributed by atoms with Crippen LogP contribution in [0.25, 0.3) is 0 Å². The van der Waals surface area contributed by atoms with Crippen LogP contribution in [0.1, 0.15) is 30.4 Å². The van der Waals surface area contributed by atoms with Gasteiger partial charge in [0.25, 0.3) is 0 Å². The molecule has 0 spiro atoms. The second-order valence-electron chi connectivity index (χ2n) is 3.46. The van der Waals surface area contributed by atoms with Crippen molar-refractivity contribution in [2.45, 2.75) is 26.1 Å². The van der Waals surface area contributed by atoms with Crippen molar-refractivity contribution in [2.75, 3.05) is 12.5 Å². The van der Waals surface area contributed by atoms with Gasteiger partial charge in [0.15, 0.2) is 0 Å². The number of benzene rings is 1. The van der Waals surface area contributed by atoms with Gasteiger partial charge >= 0.3 is 5.97 Å². The fourth-order valence-corrected chi connectivity index (χ4v) is 1.39. The average Bonchev–Trinajstić information content (AvgIpc) is 2.29. The summed E-state index contributed by atoms with van der Waals surface area (Å²) in [5, 5.41) is -0.0581. The van der Waals surface area contributed by atoms with Gasteiger partial charge in [0.2, 0.25) is 0 Å². The van der Waals surface area contributed by atoms with Gasteiger partial charge in [-0.1, -0.05) is 29.8 Å². The van der Waals surface area contributed by atoms with E-state index < -0.39 is 0 Å². The van der Waals surface area contributed by atoms with Crippen molar-refractivity contribution in [3.63, 3.8) is 0 Å². The molecule has 0 aliphatic carbocycles. The number of halogens is 2. The zero-order valence-corrected chi connectivity index (χ0v) is 11.9. The second-order valence-corrected chi connectivity index (χ2v) is 4.29. The van der Waals surface area contributed by atoms with E-state index in [-0.39, 0.29) is 11.3 Å². The fourth-order valence-electron chi connectivity index (χ4n) is 1.07. The van der Waals surface area contributed by atoms with Crippen LogP contribution in [0.2, 0.25) is 0 Å². The summed E-state index contributed by atoms with van der Waals surface area (Å²) in [5.74, 6) is 0.252. The topological polar surface area (TPSA) is 26.3 Å². The zero-order valence-electron chi connectivity index (χ0n) is 10.4. The molecule has 0 amide bonds. The van der Waals surface area contributed by atoms with Crippen LogP contribution in [0.5, 0.6) is 0 Å². The lowest BCUT2D eigenvalue weighted by atomic mass is 10.1. The van der Waals surface area contributed by atoms with Gasteiger partial charge in [0.1, 0.15) is 0 Å². The molecule has 0 saturated carbocycles. The van der Waals surface area contributed by atoms with Crippen LogP contribution in [-0.2, 0) is 9.53 Å². The Morgan fingerprint density at radius 2 is 1.88 bits per heavy atom. The number of aryl methyl sites for hydroxylation is 1. The molecule has 0 aromatic heterocycles. The van der Waals surface area contributed by atoms with E-state index in [9.17, 15) is 4.79 Å². The minimum absolute atomic E-state index is 0.0581. The highest BCUT2D eigenvalue weighted by Crippen LogP contribution is 2.21. The molecule has 0 aliphatic heterocycles. The Labute approximate surface area is 113 Å². The van der Waals surface area contributed by atoms with Crippen molar-refractivity contribution in [1.82, 2.24) is 0 Å². The molecule has 4 heteroatoms. The Balaban J connectivity index is 0.000000366. The van der Waals surface area contributed by atoms with E-state index >= 15 is 0 Å². The van der Waals surface area contributed by atoms with Crippen molar-refractivity contribution in [2.24, 2.45) is 0 Å². The van der Waals surface area contributed by atoms with Crippen molar-refractivity contribution >= 4 is 29.2 Å². The van der Waals surface area contributed by atoms with Gasteiger partial charge in [0, 0.05) is 12.8 Å². The number of hydrogen-bond donors (Lipinski definition) is 0. The van der Waals surface area contributed by atoms with E-state index in [0.29, 0.717) is 12.5 Å². The highest BCUT2D eigenvalue weighted by atomic mass is 35.5. The number of carbonyl (C=O) groups excluding carboxylic acids is 1. The van der Waals surface area contributed by atoms with E-state index in [2.05, 4.69) is 4.74 Å². The summed E-state index contributed by atoms with van der Waals surface area (Å²) in [7, 11) is 0. The molecule has 0 aliphatic rings. The average molecular weight is 277 g/mol. The number of rotatable bonds is 3. The van der Waals surface area contributed by atoms with Crippen LogP contribution < -0.4 is 0 Å². The molecular formula is C13H18Cl2O2. The summed E-state index contributed by atoms with van der Waals surface area (Å²) in [6.07, 6.45) is 0. The Morgan fingerprint density at radius 1 is 1.35 bits per heavy atom. The van der Waals surface area contributed by atoms with Crippen LogP contribution >= 0.6 is 23.2 Å². The molecule has 0 fully saturated rings. The monoisotopic (exact) mass is 276 g/mol. The molecule has 1 aromatic rings. The SMILES string of the molecule is CCOC(C)=O.Cc1ccc(C(Cl)CCl)cc1. The lowest BCUT2D eigenvalue weighted by Crippen LogP contribution is -1.95. The molecular weight excluding hydrogens is 259 g/mol. The van der Waals surface area contributed by atoms with Crippen molar-refractivity contribution < 1.29 is 9.53 Å². The summed E-state index contributed by atoms with van der Waals surface area (Å²) in [6.45, 7) is 5.70. The first-order valence-electron chi connectivity index (χ1n) is 5.41. The van der Waals surface area contributed by atoms with Crippen LogP contribution in [0.15, 0.2) is 24.3 Å². The maximum Gasteiger partial charge on any atom is 0.302 e. The van der Waals surface area contributed by atoms with Gasteiger partial charge in [-0.05, 0) is 19.4 Å². The minimum Gasteiger partial charge on any atom is -0.466 e. The third-order valence-corrected chi connectivity index (χ3v) is 2.79. The smallest absolute Gasteiger partial charge is 0.302 e. The molecule has 0 heterocycles. The molecule has 1 rings (SSSR count). The van der Waals surface area contributed by atoms with Gasteiger partial charge in [-0.3, -0.25) is 4.79 Å². The first-order valence-corrected chi connectivity index (χ1v) is 6.38. The lowest BCUT2D eigenvalue weighted by Gasteiger charge is -2.04.